The summed E-state index contributed by atoms with van der Waals surface area (Å²) in [6.45, 7) is 5.29. The molecule has 102 valence electrons. The number of aromatic nitrogens is 2. The summed E-state index contributed by atoms with van der Waals surface area (Å²) in [5, 5.41) is 14.2. The average Bonchev–Trinajstić information content (AvgIpc) is 2.85. The van der Waals surface area contributed by atoms with Crippen molar-refractivity contribution in [3.63, 3.8) is 0 Å². The number of hydrogen-bond acceptors (Lipinski definition) is 4. The van der Waals surface area contributed by atoms with E-state index < -0.39 is 0 Å². The lowest BCUT2D eigenvalue weighted by molar-refractivity contribution is 0.588. The molecule has 3 nitrogen and oxygen atoms in total. The maximum atomic E-state index is 4.27. The summed E-state index contributed by atoms with van der Waals surface area (Å²) in [5.74, 6) is 0. The van der Waals surface area contributed by atoms with Gasteiger partial charge in [-0.3, -0.25) is 0 Å². The summed E-state index contributed by atoms with van der Waals surface area (Å²) in [7, 11) is 0. The summed E-state index contributed by atoms with van der Waals surface area (Å²) < 4.78 is 0. The van der Waals surface area contributed by atoms with Gasteiger partial charge in [-0.15, -0.1) is 21.5 Å². The lowest BCUT2D eigenvalue weighted by atomic mass is 10.1. The first-order valence-electron chi connectivity index (χ1n) is 6.82. The van der Waals surface area contributed by atoms with Gasteiger partial charge in [0.1, 0.15) is 10.0 Å². The predicted molar refractivity (Wildman–Crippen MR) is 80.6 cm³/mol. The maximum absolute atomic E-state index is 4.27. The Kier molecular flexibility index (Phi) is 5.48. The van der Waals surface area contributed by atoms with E-state index in [1.807, 2.05) is 6.07 Å². The van der Waals surface area contributed by atoms with Crippen molar-refractivity contribution in [3.8, 4) is 0 Å². The highest BCUT2D eigenvalue weighted by atomic mass is 32.1. The molecule has 2 aromatic rings. The molecule has 0 radical (unpaired) electrons. The Bertz CT molecular complexity index is 479. The average molecular weight is 275 g/mol. The largest absolute Gasteiger partial charge is 0.314 e. The Hall–Kier alpha value is -1.26. The normalized spacial score (nSPS) is 11.1. The fourth-order valence-corrected chi connectivity index (χ4v) is 2.70. The summed E-state index contributed by atoms with van der Waals surface area (Å²) in [6.07, 6.45) is 3.00. The van der Waals surface area contributed by atoms with Gasteiger partial charge < -0.3 is 5.32 Å². The van der Waals surface area contributed by atoms with Crippen LogP contribution in [0.2, 0.25) is 0 Å². The molecule has 0 saturated carbocycles. The number of benzene rings is 1. The fourth-order valence-electron chi connectivity index (χ4n) is 1.85. The molecular formula is C15H21N3S. The molecule has 0 fully saturated rings. The van der Waals surface area contributed by atoms with E-state index in [-0.39, 0.29) is 0 Å². The third kappa shape index (κ3) is 5.09. The molecule has 0 amide bonds. The van der Waals surface area contributed by atoms with Gasteiger partial charge >= 0.3 is 0 Å². The third-order valence-electron chi connectivity index (χ3n) is 2.87. The van der Waals surface area contributed by atoms with Crippen LogP contribution in [0.3, 0.4) is 0 Å². The summed E-state index contributed by atoms with van der Waals surface area (Å²) in [6, 6.07) is 11.1. The van der Waals surface area contributed by atoms with Crippen LogP contribution in [0.25, 0.3) is 0 Å². The minimum absolute atomic E-state index is 0.533. The molecule has 0 aliphatic heterocycles. The van der Waals surface area contributed by atoms with Gasteiger partial charge in [0.05, 0.1) is 0 Å². The van der Waals surface area contributed by atoms with E-state index in [0.29, 0.717) is 6.04 Å². The molecule has 1 aromatic heterocycles. The van der Waals surface area contributed by atoms with Crippen LogP contribution in [0.15, 0.2) is 30.3 Å². The van der Waals surface area contributed by atoms with Crippen molar-refractivity contribution >= 4 is 11.3 Å². The SMILES string of the molecule is CC(C)NCCc1nnc(CCc2ccccc2)s1. The first-order valence-corrected chi connectivity index (χ1v) is 7.64. The second-order valence-electron chi connectivity index (χ2n) is 4.93. The number of hydrogen-bond donors (Lipinski definition) is 1. The van der Waals surface area contributed by atoms with Gasteiger partial charge in [0, 0.05) is 25.4 Å². The van der Waals surface area contributed by atoms with E-state index in [0.717, 1.165) is 35.8 Å². The van der Waals surface area contributed by atoms with Crippen LogP contribution in [0, 0.1) is 0 Å². The van der Waals surface area contributed by atoms with Crippen LogP contribution in [0.5, 0.6) is 0 Å². The first-order chi connectivity index (χ1) is 9.24. The molecule has 0 bridgehead atoms. The van der Waals surface area contributed by atoms with E-state index >= 15 is 0 Å². The molecule has 4 heteroatoms. The molecule has 0 spiro atoms. The van der Waals surface area contributed by atoms with Gasteiger partial charge in [-0.25, -0.2) is 0 Å². The molecule has 1 aromatic carbocycles. The number of nitrogens with one attached hydrogen (secondary N) is 1. The lowest BCUT2D eigenvalue weighted by Gasteiger charge is -2.05. The van der Waals surface area contributed by atoms with Crippen LogP contribution < -0.4 is 5.32 Å². The van der Waals surface area contributed by atoms with Gasteiger partial charge in [-0.2, -0.15) is 0 Å². The van der Waals surface area contributed by atoms with Gasteiger partial charge in [-0.1, -0.05) is 44.2 Å². The Labute approximate surface area is 119 Å². The highest BCUT2D eigenvalue weighted by molar-refractivity contribution is 7.11. The van der Waals surface area contributed by atoms with Crippen LogP contribution in [-0.4, -0.2) is 22.8 Å². The van der Waals surface area contributed by atoms with Crippen molar-refractivity contribution in [2.24, 2.45) is 0 Å². The van der Waals surface area contributed by atoms with Crippen molar-refractivity contribution in [1.29, 1.82) is 0 Å². The second-order valence-corrected chi connectivity index (χ2v) is 6.08. The Morgan fingerprint density at radius 1 is 1.00 bits per heavy atom. The molecule has 1 N–H and O–H groups in total. The topological polar surface area (TPSA) is 37.8 Å². The highest BCUT2D eigenvalue weighted by Gasteiger charge is 2.04. The molecule has 0 aliphatic carbocycles. The third-order valence-corrected chi connectivity index (χ3v) is 3.91. The van der Waals surface area contributed by atoms with Crippen molar-refractivity contribution in [1.82, 2.24) is 15.5 Å². The summed E-state index contributed by atoms with van der Waals surface area (Å²) >= 11 is 1.74. The molecule has 0 unspecified atom stereocenters. The minimum atomic E-state index is 0.533. The monoisotopic (exact) mass is 275 g/mol. The fraction of sp³-hybridized carbons (Fsp3) is 0.467. The van der Waals surface area contributed by atoms with Gasteiger partial charge in [0.15, 0.2) is 0 Å². The van der Waals surface area contributed by atoms with Crippen molar-refractivity contribution < 1.29 is 0 Å². The van der Waals surface area contributed by atoms with Crippen LogP contribution in [-0.2, 0) is 19.3 Å². The zero-order valence-electron chi connectivity index (χ0n) is 11.6. The summed E-state index contributed by atoms with van der Waals surface area (Å²) in [5.41, 5.74) is 1.36. The molecule has 19 heavy (non-hydrogen) atoms. The van der Waals surface area contributed by atoms with E-state index in [4.69, 9.17) is 0 Å². The maximum Gasteiger partial charge on any atom is 0.118 e. The molecule has 1 heterocycles. The van der Waals surface area contributed by atoms with E-state index in [9.17, 15) is 0 Å². The van der Waals surface area contributed by atoms with Crippen molar-refractivity contribution in [2.75, 3.05) is 6.54 Å². The number of aryl methyl sites for hydroxylation is 2. The quantitative estimate of drug-likeness (QED) is 0.844. The first kappa shape index (κ1) is 14.2. The van der Waals surface area contributed by atoms with Crippen LogP contribution in [0.1, 0.15) is 29.4 Å². The number of rotatable bonds is 7. The summed E-state index contributed by atoms with van der Waals surface area (Å²) in [4.78, 5) is 0. The minimum Gasteiger partial charge on any atom is -0.314 e. The lowest BCUT2D eigenvalue weighted by Crippen LogP contribution is -2.24. The number of nitrogens with zero attached hydrogens (tertiary/aromatic N) is 2. The zero-order valence-corrected chi connectivity index (χ0v) is 12.4. The Morgan fingerprint density at radius 2 is 1.68 bits per heavy atom. The van der Waals surface area contributed by atoms with Crippen LogP contribution >= 0.6 is 11.3 Å². The molecular weight excluding hydrogens is 254 g/mol. The molecule has 0 atom stereocenters. The Morgan fingerprint density at radius 3 is 2.37 bits per heavy atom. The molecule has 2 rings (SSSR count). The van der Waals surface area contributed by atoms with E-state index in [2.05, 4.69) is 53.6 Å². The van der Waals surface area contributed by atoms with Crippen molar-refractivity contribution in [3.05, 3.63) is 45.9 Å². The highest BCUT2D eigenvalue weighted by Crippen LogP contribution is 2.13. The zero-order chi connectivity index (χ0) is 13.5. The van der Waals surface area contributed by atoms with Crippen LogP contribution in [0.4, 0.5) is 0 Å². The standard InChI is InChI=1S/C15H21N3S/c1-12(2)16-11-10-15-18-17-14(19-15)9-8-13-6-4-3-5-7-13/h3-7,12,16H,8-11H2,1-2H3. The van der Waals surface area contributed by atoms with Crippen molar-refractivity contribution in [2.45, 2.75) is 39.2 Å². The Balaban J connectivity index is 1.77. The van der Waals surface area contributed by atoms with Gasteiger partial charge in [-0.05, 0) is 12.0 Å². The van der Waals surface area contributed by atoms with E-state index in [1.54, 1.807) is 11.3 Å². The van der Waals surface area contributed by atoms with Gasteiger partial charge in [0.25, 0.3) is 0 Å². The molecule has 0 saturated heterocycles. The second kappa shape index (κ2) is 7.36. The van der Waals surface area contributed by atoms with Gasteiger partial charge in [0.2, 0.25) is 0 Å². The predicted octanol–water partition coefficient (Wildman–Crippen LogP) is 2.86. The van der Waals surface area contributed by atoms with E-state index in [1.165, 1.54) is 5.56 Å². The molecule has 0 aliphatic rings. The smallest absolute Gasteiger partial charge is 0.118 e.